The van der Waals surface area contributed by atoms with E-state index in [1.165, 1.54) is 6.07 Å². The second-order valence-corrected chi connectivity index (χ2v) is 8.56. The Morgan fingerprint density at radius 3 is 2.74 bits per heavy atom. The number of hydrogen-bond acceptors (Lipinski definition) is 6. The van der Waals surface area contributed by atoms with E-state index in [1.807, 2.05) is 19.9 Å². The molecule has 0 saturated heterocycles. The highest BCUT2D eigenvalue weighted by Crippen LogP contribution is 2.35. The minimum atomic E-state index is -4.56. The molecule has 8 nitrogen and oxygen atoms in total. The van der Waals surface area contributed by atoms with E-state index in [-0.39, 0.29) is 24.8 Å². The van der Waals surface area contributed by atoms with E-state index in [0.29, 0.717) is 40.1 Å². The molecule has 3 aromatic heterocycles. The first-order chi connectivity index (χ1) is 16.6. The number of hydrogen-bond donors (Lipinski definition) is 1. The minimum Gasteiger partial charge on any atom is -0.382 e. The number of amides is 1. The van der Waals surface area contributed by atoms with Crippen LogP contribution in [0, 0.1) is 6.92 Å². The molecule has 0 fully saturated rings. The predicted molar refractivity (Wildman–Crippen MR) is 124 cm³/mol. The summed E-state index contributed by atoms with van der Waals surface area (Å²) in [7, 11) is 1.77. The number of alkyl halides is 3. The Balaban J connectivity index is 1.58. The molecule has 11 heteroatoms. The Labute approximate surface area is 198 Å². The average Bonchev–Trinajstić information content (AvgIpc) is 3.20. The molecule has 0 saturated carbocycles. The quantitative estimate of drug-likeness (QED) is 0.469. The molecule has 4 heterocycles. The molecule has 1 amide bonds. The zero-order valence-electron chi connectivity index (χ0n) is 19.3. The van der Waals surface area contributed by atoms with Crippen molar-refractivity contribution in [3.05, 3.63) is 58.5 Å². The molecule has 0 unspecified atom stereocenters. The zero-order chi connectivity index (χ0) is 25.1. The van der Waals surface area contributed by atoms with Gasteiger partial charge in [-0.3, -0.25) is 9.48 Å². The normalized spacial score (nSPS) is 16.0. The van der Waals surface area contributed by atoms with Crippen LogP contribution in [-0.4, -0.2) is 43.7 Å². The third-order valence-corrected chi connectivity index (χ3v) is 6.44. The van der Waals surface area contributed by atoms with E-state index in [4.69, 9.17) is 10.5 Å². The van der Waals surface area contributed by atoms with Crippen LogP contribution in [0.15, 0.2) is 30.5 Å². The molecular formula is C24H23F3N6O2. The van der Waals surface area contributed by atoms with Crippen molar-refractivity contribution in [2.24, 2.45) is 7.05 Å². The molecule has 1 atom stereocenters. The van der Waals surface area contributed by atoms with Crippen LogP contribution in [0.25, 0.3) is 21.8 Å². The van der Waals surface area contributed by atoms with Crippen LogP contribution in [-0.2, 0) is 24.6 Å². The summed E-state index contributed by atoms with van der Waals surface area (Å²) >= 11 is 0. The summed E-state index contributed by atoms with van der Waals surface area (Å²) in [6.45, 7) is 4.09. The number of halogens is 3. The van der Waals surface area contributed by atoms with Gasteiger partial charge >= 0.3 is 6.18 Å². The SMILES string of the molecule is CCN(C(=O)c1cc2c(cc1C)nc(N)c1c2cnn1C)[C@@H]1COCc2nc(C(F)(F)F)ccc21. The number of ether oxygens (including phenoxy) is 1. The number of pyridine rings is 2. The van der Waals surface area contributed by atoms with Crippen molar-refractivity contribution in [3.63, 3.8) is 0 Å². The van der Waals surface area contributed by atoms with Crippen molar-refractivity contribution >= 4 is 33.5 Å². The number of fused-ring (bicyclic) bond motifs is 4. The minimum absolute atomic E-state index is 0.0391. The van der Waals surface area contributed by atoms with Gasteiger partial charge in [-0.15, -0.1) is 0 Å². The topological polar surface area (TPSA) is 99.2 Å². The zero-order valence-corrected chi connectivity index (χ0v) is 19.3. The number of benzene rings is 1. The molecule has 182 valence electrons. The molecule has 1 aliphatic heterocycles. The van der Waals surface area contributed by atoms with Gasteiger partial charge in [0.15, 0.2) is 0 Å². The van der Waals surface area contributed by atoms with Gasteiger partial charge in [-0.1, -0.05) is 6.07 Å². The van der Waals surface area contributed by atoms with Crippen LogP contribution >= 0.6 is 0 Å². The lowest BCUT2D eigenvalue weighted by Gasteiger charge is -2.35. The number of rotatable bonds is 3. The van der Waals surface area contributed by atoms with Crippen LogP contribution in [0.1, 0.15) is 45.8 Å². The van der Waals surface area contributed by atoms with Crippen molar-refractivity contribution in [1.29, 1.82) is 0 Å². The van der Waals surface area contributed by atoms with E-state index in [2.05, 4.69) is 15.1 Å². The first-order valence-electron chi connectivity index (χ1n) is 11.1. The summed E-state index contributed by atoms with van der Waals surface area (Å²) in [6, 6.07) is 5.37. The molecule has 4 aromatic rings. The standard InChI is InChI=1S/C24H23F3N6O2/c1-4-33(19-11-35-10-18-13(19)5-6-20(30-18)24(25,26)27)23(34)14-8-15-16-9-29-32(3)21(16)22(28)31-17(15)7-12(14)2/h5-9,19H,4,10-11H2,1-3H3,(H2,28,31)/t19-/m1/s1. The number of carbonyl (C=O) groups excluding carboxylic acids is 1. The van der Waals surface area contributed by atoms with Crippen LogP contribution in [0.5, 0.6) is 0 Å². The first-order valence-corrected chi connectivity index (χ1v) is 11.1. The molecule has 0 radical (unpaired) electrons. The van der Waals surface area contributed by atoms with Crippen molar-refractivity contribution in [3.8, 4) is 0 Å². The number of aryl methyl sites for hydroxylation is 2. The Kier molecular flexibility index (Phi) is 5.39. The first kappa shape index (κ1) is 23.0. The number of aromatic nitrogens is 4. The summed E-state index contributed by atoms with van der Waals surface area (Å²) in [5.74, 6) is 0.0879. The predicted octanol–water partition coefficient (Wildman–Crippen LogP) is 4.16. The maximum absolute atomic E-state index is 13.8. The third-order valence-electron chi connectivity index (χ3n) is 6.44. The van der Waals surface area contributed by atoms with Gasteiger partial charge in [-0.05, 0) is 37.6 Å². The highest BCUT2D eigenvalue weighted by molar-refractivity contribution is 6.11. The molecule has 35 heavy (non-hydrogen) atoms. The molecule has 1 aromatic carbocycles. The van der Waals surface area contributed by atoms with Gasteiger partial charge in [-0.25, -0.2) is 9.97 Å². The molecule has 0 aliphatic carbocycles. The van der Waals surface area contributed by atoms with Gasteiger partial charge in [0, 0.05) is 35.5 Å². The van der Waals surface area contributed by atoms with E-state index in [9.17, 15) is 18.0 Å². The number of carbonyl (C=O) groups is 1. The average molecular weight is 484 g/mol. The number of nitrogens with zero attached hydrogens (tertiary/aromatic N) is 5. The van der Waals surface area contributed by atoms with Gasteiger partial charge < -0.3 is 15.4 Å². The summed E-state index contributed by atoms with van der Waals surface area (Å²) in [6.07, 6.45) is -2.87. The number of nitrogens with two attached hydrogens (primary N) is 1. The summed E-state index contributed by atoms with van der Waals surface area (Å²) < 4.78 is 46.7. The van der Waals surface area contributed by atoms with Crippen LogP contribution in [0.3, 0.4) is 0 Å². The largest absolute Gasteiger partial charge is 0.433 e. The van der Waals surface area contributed by atoms with Gasteiger partial charge in [0.2, 0.25) is 0 Å². The number of nitrogen functional groups attached to an aromatic ring is 1. The molecule has 0 bridgehead atoms. The molecular weight excluding hydrogens is 461 g/mol. The van der Waals surface area contributed by atoms with E-state index >= 15 is 0 Å². The summed E-state index contributed by atoms with van der Waals surface area (Å²) in [5, 5.41) is 5.80. The second-order valence-electron chi connectivity index (χ2n) is 8.56. The highest BCUT2D eigenvalue weighted by Gasteiger charge is 2.36. The van der Waals surface area contributed by atoms with Crippen molar-refractivity contribution in [2.75, 3.05) is 18.9 Å². The Morgan fingerprint density at radius 1 is 1.26 bits per heavy atom. The summed E-state index contributed by atoms with van der Waals surface area (Å²) in [5.41, 5.74) is 8.39. The Bertz CT molecular complexity index is 1480. The van der Waals surface area contributed by atoms with E-state index < -0.39 is 17.9 Å². The number of likely N-dealkylation sites (N-methyl/N-ethyl adjacent to an activating group) is 1. The summed E-state index contributed by atoms with van der Waals surface area (Å²) in [4.78, 5) is 23.6. The van der Waals surface area contributed by atoms with Crippen LogP contribution < -0.4 is 5.73 Å². The fraction of sp³-hybridized carbons (Fsp3) is 0.333. The number of anilines is 1. The van der Waals surface area contributed by atoms with Gasteiger partial charge in [0.05, 0.1) is 36.7 Å². The van der Waals surface area contributed by atoms with Crippen molar-refractivity contribution in [2.45, 2.75) is 32.7 Å². The van der Waals surface area contributed by atoms with E-state index in [0.717, 1.165) is 16.8 Å². The van der Waals surface area contributed by atoms with Crippen molar-refractivity contribution < 1.29 is 22.7 Å². The highest BCUT2D eigenvalue weighted by atomic mass is 19.4. The molecule has 1 aliphatic rings. The van der Waals surface area contributed by atoms with Crippen LogP contribution in [0.2, 0.25) is 0 Å². The second kappa shape index (κ2) is 8.19. The fourth-order valence-electron chi connectivity index (χ4n) is 4.72. The third kappa shape index (κ3) is 3.75. The lowest BCUT2D eigenvalue weighted by molar-refractivity contribution is -0.141. The Hall–Kier alpha value is -3.73. The van der Waals surface area contributed by atoms with Crippen LogP contribution in [0.4, 0.5) is 19.0 Å². The van der Waals surface area contributed by atoms with Crippen molar-refractivity contribution in [1.82, 2.24) is 24.6 Å². The Morgan fingerprint density at radius 2 is 2.03 bits per heavy atom. The van der Waals surface area contributed by atoms with Gasteiger partial charge in [-0.2, -0.15) is 18.3 Å². The molecule has 5 rings (SSSR count). The fourth-order valence-corrected chi connectivity index (χ4v) is 4.72. The maximum Gasteiger partial charge on any atom is 0.433 e. The lowest BCUT2D eigenvalue weighted by atomic mass is 9.98. The smallest absolute Gasteiger partial charge is 0.382 e. The molecule has 2 N–H and O–H groups in total. The lowest BCUT2D eigenvalue weighted by Crippen LogP contribution is -2.39. The maximum atomic E-state index is 13.8. The van der Waals surface area contributed by atoms with E-state index in [1.54, 1.807) is 28.9 Å². The van der Waals surface area contributed by atoms with Gasteiger partial charge in [0.25, 0.3) is 5.91 Å². The molecule has 0 spiro atoms. The monoisotopic (exact) mass is 484 g/mol. The van der Waals surface area contributed by atoms with Gasteiger partial charge in [0.1, 0.15) is 17.0 Å².